The van der Waals surface area contributed by atoms with E-state index in [9.17, 15) is 0 Å². The largest absolute Gasteiger partial charge is 0.493 e. The summed E-state index contributed by atoms with van der Waals surface area (Å²) in [4.78, 5) is 0. The van der Waals surface area contributed by atoms with E-state index in [-0.39, 0.29) is 0 Å². The normalized spacial score (nSPS) is 13.7. The topological polar surface area (TPSA) is 80.1 Å². The average molecular weight is 436 g/mol. The maximum atomic E-state index is 5.85. The highest BCUT2D eigenvalue weighted by atomic mass is 16.6. The van der Waals surface area contributed by atoms with Gasteiger partial charge in [0.1, 0.15) is 37.9 Å². The Bertz CT molecular complexity index is 1000. The number of hydrogen-bond donors (Lipinski definition) is 0. The molecule has 8 heteroatoms. The monoisotopic (exact) mass is 436 g/mol. The van der Waals surface area contributed by atoms with Gasteiger partial charge < -0.3 is 28.4 Å². The van der Waals surface area contributed by atoms with Gasteiger partial charge in [0.2, 0.25) is 0 Å². The molecule has 0 fully saturated rings. The molecule has 0 unspecified atom stereocenters. The highest BCUT2D eigenvalue weighted by Crippen LogP contribution is 2.39. The number of azo groups is 1. The lowest BCUT2D eigenvalue weighted by Gasteiger charge is -2.16. The van der Waals surface area contributed by atoms with Crippen molar-refractivity contribution in [2.75, 3.05) is 40.6 Å². The van der Waals surface area contributed by atoms with Gasteiger partial charge in [0.15, 0.2) is 23.0 Å². The maximum absolute atomic E-state index is 5.85. The van der Waals surface area contributed by atoms with Gasteiger partial charge in [-0.2, -0.15) is 10.2 Å². The van der Waals surface area contributed by atoms with E-state index in [1.165, 1.54) is 0 Å². The van der Waals surface area contributed by atoms with Crippen molar-refractivity contribution in [2.24, 2.45) is 10.2 Å². The van der Waals surface area contributed by atoms with Crippen LogP contribution in [0.25, 0.3) is 0 Å². The Morgan fingerprint density at radius 2 is 1.03 bits per heavy atom. The zero-order valence-electron chi connectivity index (χ0n) is 17.9. The third kappa shape index (κ3) is 5.40. The van der Waals surface area contributed by atoms with Gasteiger partial charge in [-0.3, -0.25) is 0 Å². The lowest BCUT2D eigenvalue weighted by molar-refractivity contribution is 0.203. The first-order valence-electron chi connectivity index (χ1n) is 10.1. The molecule has 3 aromatic rings. The molecule has 0 aliphatic carbocycles. The average Bonchev–Trinajstić information content (AvgIpc) is 2.83. The van der Waals surface area contributed by atoms with Gasteiger partial charge in [-0.25, -0.2) is 0 Å². The number of hydrogen-bond acceptors (Lipinski definition) is 8. The Balaban J connectivity index is 1.61. The summed E-state index contributed by atoms with van der Waals surface area (Å²) in [5.74, 6) is 3.47. The molecule has 0 amide bonds. The van der Waals surface area contributed by atoms with Crippen molar-refractivity contribution in [3.05, 3.63) is 60.7 Å². The van der Waals surface area contributed by atoms with Gasteiger partial charge in [-0.15, -0.1) is 0 Å². The fraction of sp³-hybridized carbons (Fsp3) is 0.250. The van der Waals surface area contributed by atoms with Crippen LogP contribution < -0.4 is 28.4 Å². The van der Waals surface area contributed by atoms with Crippen LogP contribution in [0.2, 0.25) is 0 Å². The first-order valence-corrected chi connectivity index (χ1v) is 10.1. The molecule has 2 aliphatic heterocycles. The number of fused-ring (bicyclic) bond motifs is 8. The van der Waals surface area contributed by atoms with E-state index >= 15 is 0 Å². The summed E-state index contributed by atoms with van der Waals surface area (Å²) in [6.07, 6.45) is 0. The third-order valence-corrected chi connectivity index (χ3v) is 4.59. The van der Waals surface area contributed by atoms with E-state index in [2.05, 4.69) is 10.2 Å². The molecule has 2 heterocycles. The Morgan fingerprint density at radius 1 is 0.594 bits per heavy atom. The molecule has 8 nitrogen and oxygen atoms in total. The minimum atomic E-state index is 0.312. The number of benzene rings is 3. The van der Waals surface area contributed by atoms with Crippen LogP contribution in [0.4, 0.5) is 11.4 Å². The van der Waals surface area contributed by atoms with Crippen molar-refractivity contribution in [1.82, 2.24) is 0 Å². The molecular weight excluding hydrogens is 412 g/mol. The number of methoxy groups -OCH3 is 2. The fourth-order valence-corrected chi connectivity index (χ4v) is 3.08. The van der Waals surface area contributed by atoms with Crippen molar-refractivity contribution >= 4 is 11.4 Å². The lowest BCUT2D eigenvalue weighted by Crippen LogP contribution is -2.11. The molecule has 6 bridgehead atoms. The van der Waals surface area contributed by atoms with Gasteiger partial charge in [-0.1, -0.05) is 12.1 Å². The summed E-state index contributed by atoms with van der Waals surface area (Å²) >= 11 is 0. The fourth-order valence-electron chi connectivity index (χ4n) is 3.08. The number of ether oxygens (including phenoxy) is 6. The summed E-state index contributed by atoms with van der Waals surface area (Å²) in [6, 6.07) is 18.3. The molecule has 5 rings (SSSR count). The third-order valence-electron chi connectivity index (χ3n) is 4.59. The Labute approximate surface area is 186 Å². The standard InChI is InChI=1S/C24H24N2O6/c1-27-21-15-24-22(28-2)16-23(21)31-11-9-29-19-7-3-5-17(13-19)25-26-18-6-4-8-20(14-18)30-10-12-32-24/h3-8,13-16H,9-12H2,1-2H3. The van der Waals surface area contributed by atoms with Crippen LogP contribution in [0.3, 0.4) is 0 Å². The molecule has 0 saturated heterocycles. The van der Waals surface area contributed by atoms with Crippen LogP contribution >= 0.6 is 0 Å². The second-order valence-electron chi connectivity index (χ2n) is 6.74. The zero-order chi connectivity index (χ0) is 22.2. The highest BCUT2D eigenvalue weighted by molar-refractivity contribution is 5.54. The molecule has 2 aliphatic rings. The van der Waals surface area contributed by atoms with Crippen molar-refractivity contribution in [3.8, 4) is 34.5 Å². The van der Waals surface area contributed by atoms with Gasteiger partial charge in [0.25, 0.3) is 0 Å². The summed E-state index contributed by atoms with van der Waals surface area (Å²) in [5.41, 5.74) is 1.36. The lowest BCUT2D eigenvalue weighted by atomic mass is 10.2. The van der Waals surface area contributed by atoms with Gasteiger partial charge in [-0.05, 0) is 24.3 Å². The molecule has 0 N–H and O–H groups in total. The van der Waals surface area contributed by atoms with Gasteiger partial charge >= 0.3 is 0 Å². The first kappa shape index (κ1) is 21.3. The maximum Gasteiger partial charge on any atom is 0.165 e. The van der Waals surface area contributed by atoms with E-state index in [0.717, 1.165) is 0 Å². The van der Waals surface area contributed by atoms with Crippen LogP contribution in [0.15, 0.2) is 70.9 Å². The van der Waals surface area contributed by atoms with Crippen molar-refractivity contribution in [1.29, 1.82) is 0 Å². The summed E-state index contributed by atoms with van der Waals surface area (Å²) in [6.45, 7) is 1.30. The van der Waals surface area contributed by atoms with Crippen LogP contribution in [0.5, 0.6) is 34.5 Å². The predicted octanol–water partition coefficient (Wildman–Crippen LogP) is 5.35. The molecule has 32 heavy (non-hydrogen) atoms. The van der Waals surface area contributed by atoms with E-state index < -0.39 is 0 Å². The predicted molar refractivity (Wildman–Crippen MR) is 119 cm³/mol. The van der Waals surface area contributed by atoms with Gasteiger partial charge in [0.05, 0.1) is 25.6 Å². The minimum Gasteiger partial charge on any atom is -0.493 e. The quantitative estimate of drug-likeness (QED) is 0.539. The Kier molecular flexibility index (Phi) is 6.91. The molecule has 0 saturated carbocycles. The number of rotatable bonds is 2. The summed E-state index contributed by atoms with van der Waals surface area (Å²) < 4.78 is 34.2. The van der Waals surface area contributed by atoms with Crippen LogP contribution in [-0.4, -0.2) is 40.6 Å². The molecule has 166 valence electrons. The molecular formula is C24H24N2O6. The smallest absolute Gasteiger partial charge is 0.165 e. The second kappa shape index (κ2) is 10.4. The first-order chi connectivity index (χ1) is 15.7. The molecule has 3 aromatic carbocycles. The van der Waals surface area contributed by atoms with Gasteiger partial charge in [0, 0.05) is 24.3 Å². The number of nitrogens with zero attached hydrogens (tertiary/aromatic N) is 2. The van der Waals surface area contributed by atoms with Crippen molar-refractivity contribution in [3.63, 3.8) is 0 Å². The van der Waals surface area contributed by atoms with Crippen LogP contribution in [0, 0.1) is 0 Å². The second-order valence-corrected chi connectivity index (χ2v) is 6.74. The summed E-state index contributed by atoms with van der Waals surface area (Å²) in [7, 11) is 3.15. The minimum absolute atomic E-state index is 0.312. The van der Waals surface area contributed by atoms with Crippen LogP contribution in [0.1, 0.15) is 0 Å². The van der Waals surface area contributed by atoms with Crippen molar-refractivity contribution < 1.29 is 28.4 Å². The van der Waals surface area contributed by atoms with E-state index in [1.807, 2.05) is 48.5 Å². The molecule has 0 aromatic heterocycles. The Morgan fingerprint density at radius 3 is 1.47 bits per heavy atom. The van der Waals surface area contributed by atoms with E-state index in [0.29, 0.717) is 72.3 Å². The summed E-state index contributed by atoms with van der Waals surface area (Å²) in [5, 5.41) is 8.58. The SMILES string of the molecule is COc1cc2c(OC)cc1OCCOc1cccc(c1)N=Nc1cccc(c1)OCCO2. The molecule has 0 radical (unpaired) electrons. The van der Waals surface area contributed by atoms with E-state index in [1.54, 1.807) is 26.4 Å². The highest BCUT2D eigenvalue weighted by Gasteiger charge is 2.14. The Hall–Kier alpha value is -3.94. The van der Waals surface area contributed by atoms with Crippen molar-refractivity contribution in [2.45, 2.75) is 0 Å². The zero-order valence-corrected chi connectivity index (χ0v) is 17.9. The van der Waals surface area contributed by atoms with Crippen LogP contribution in [-0.2, 0) is 0 Å². The molecule has 0 spiro atoms. The van der Waals surface area contributed by atoms with E-state index in [4.69, 9.17) is 28.4 Å². The molecule has 0 atom stereocenters.